The van der Waals surface area contributed by atoms with Crippen LogP contribution in [0.4, 0.5) is 5.82 Å². The van der Waals surface area contributed by atoms with Crippen LogP contribution in [0.15, 0.2) is 43.0 Å². The van der Waals surface area contributed by atoms with E-state index in [-0.39, 0.29) is 31.0 Å². The molecule has 1 unspecified atom stereocenters. The molecule has 1 aromatic carbocycles. The van der Waals surface area contributed by atoms with E-state index < -0.39 is 18.1 Å². The van der Waals surface area contributed by atoms with Crippen molar-refractivity contribution in [2.75, 3.05) is 11.9 Å². The van der Waals surface area contributed by atoms with Gasteiger partial charge in [-0.2, -0.15) is 0 Å². The molecular formula is C25H31N5O5. The summed E-state index contributed by atoms with van der Waals surface area (Å²) in [4.78, 5) is 13.6. The van der Waals surface area contributed by atoms with E-state index in [1.165, 1.54) is 11.9 Å². The number of hydrogen-bond acceptors (Lipinski definition) is 9. The van der Waals surface area contributed by atoms with Crippen LogP contribution in [0.2, 0.25) is 0 Å². The molecule has 0 amide bonds. The largest absolute Gasteiger partial charge is 0.394 e. The van der Waals surface area contributed by atoms with Crippen molar-refractivity contribution in [1.29, 1.82) is 0 Å². The predicted octanol–water partition coefficient (Wildman–Crippen LogP) is 2.79. The number of rotatable bonds is 7. The highest BCUT2D eigenvalue weighted by Crippen LogP contribution is 2.43. The molecule has 2 aromatic heterocycles. The third-order valence-electron chi connectivity index (χ3n) is 7.02. The second-order valence-corrected chi connectivity index (χ2v) is 9.88. The van der Waals surface area contributed by atoms with Gasteiger partial charge in [-0.15, -0.1) is 0 Å². The molecule has 0 radical (unpaired) electrons. The lowest BCUT2D eigenvalue weighted by atomic mass is 10.1. The fourth-order valence-electron chi connectivity index (χ4n) is 5.42. The Kier molecular flexibility index (Phi) is 5.93. The van der Waals surface area contributed by atoms with Crippen molar-refractivity contribution >= 4 is 17.0 Å². The maximum Gasteiger partial charge on any atom is 0.167 e. The first-order valence-corrected chi connectivity index (χ1v) is 12.2. The van der Waals surface area contributed by atoms with Gasteiger partial charge in [0, 0.05) is 0 Å². The fraction of sp³-hybridized carbons (Fsp3) is 0.560. The number of aromatic nitrogens is 4. The number of benzene rings is 1. The van der Waals surface area contributed by atoms with E-state index in [9.17, 15) is 5.11 Å². The Morgan fingerprint density at radius 1 is 1.11 bits per heavy atom. The molecule has 3 fully saturated rings. The Morgan fingerprint density at radius 3 is 2.77 bits per heavy atom. The number of fused-ring (bicyclic) bond motifs is 2. The monoisotopic (exact) mass is 481 g/mol. The summed E-state index contributed by atoms with van der Waals surface area (Å²) < 4.78 is 26.3. The van der Waals surface area contributed by atoms with Crippen LogP contribution in [0.25, 0.3) is 11.2 Å². The van der Waals surface area contributed by atoms with Crippen molar-refractivity contribution in [3.05, 3.63) is 48.5 Å². The molecule has 186 valence electrons. The van der Waals surface area contributed by atoms with Gasteiger partial charge in [-0.05, 0) is 38.7 Å². The van der Waals surface area contributed by atoms with Crippen molar-refractivity contribution in [2.45, 2.75) is 82.2 Å². The maximum absolute atomic E-state index is 9.82. The van der Waals surface area contributed by atoms with E-state index in [1.54, 1.807) is 6.33 Å². The SMILES string of the molecule is CC1(C)O[C@@H]2[C@@H](CO)OC(n3cnc4c(N[C@H]5CCC[C@@H]5OCc5ccccc5)ncnc43)[C@@H]2O1. The van der Waals surface area contributed by atoms with E-state index in [0.717, 1.165) is 19.3 Å². The summed E-state index contributed by atoms with van der Waals surface area (Å²) in [6.07, 6.45) is 4.68. The number of nitrogens with one attached hydrogen (secondary N) is 1. The summed E-state index contributed by atoms with van der Waals surface area (Å²) in [6.45, 7) is 4.16. The minimum absolute atomic E-state index is 0.0952. The van der Waals surface area contributed by atoms with Crippen molar-refractivity contribution in [2.24, 2.45) is 0 Å². The number of nitrogens with zero attached hydrogens (tertiary/aromatic N) is 4. The van der Waals surface area contributed by atoms with Crippen LogP contribution in [0.3, 0.4) is 0 Å². The van der Waals surface area contributed by atoms with Gasteiger partial charge in [0.05, 0.1) is 31.7 Å². The van der Waals surface area contributed by atoms with Gasteiger partial charge in [0.25, 0.3) is 0 Å². The van der Waals surface area contributed by atoms with Gasteiger partial charge in [-0.3, -0.25) is 4.57 Å². The molecule has 2 aliphatic heterocycles. The molecular weight excluding hydrogens is 450 g/mol. The Balaban J connectivity index is 1.21. The lowest BCUT2D eigenvalue weighted by Crippen LogP contribution is -2.31. The van der Waals surface area contributed by atoms with Crippen LogP contribution in [0, 0.1) is 0 Å². The Labute approximate surface area is 203 Å². The van der Waals surface area contributed by atoms with Crippen LogP contribution in [0.5, 0.6) is 0 Å². The number of aliphatic hydroxyl groups excluding tert-OH is 1. The summed E-state index contributed by atoms with van der Waals surface area (Å²) in [5.41, 5.74) is 2.46. The molecule has 10 nitrogen and oxygen atoms in total. The summed E-state index contributed by atoms with van der Waals surface area (Å²) in [7, 11) is 0. The molecule has 4 heterocycles. The van der Waals surface area contributed by atoms with Crippen LogP contribution >= 0.6 is 0 Å². The first kappa shape index (κ1) is 22.8. The zero-order chi connectivity index (χ0) is 24.0. The third kappa shape index (κ3) is 4.30. The summed E-state index contributed by atoms with van der Waals surface area (Å²) in [6, 6.07) is 10.4. The molecule has 1 saturated carbocycles. The molecule has 35 heavy (non-hydrogen) atoms. The number of aliphatic hydroxyl groups is 1. The van der Waals surface area contributed by atoms with Crippen molar-refractivity contribution in [1.82, 2.24) is 19.5 Å². The minimum atomic E-state index is -0.750. The highest BCUT2D eigenvalue weighted by molar-refractivity contribution is 5.82. The van der Waals surface area contributed by atoms with E-state index in [2.05, 4.69) is 32.4 Å². The lowest BCUT2D eigenvalue weighted by molar-refractivity contribution is -0.199. The zero-order valence-corrected chi connectivity index (χ0v) is 19.9. The number of ether oxygens (including phenoxy) is 4. The normalized spacial score (nSPS) is 31.7. The van der Waals surface area contributed by atoms with Crippen LogP contribution in [-0.2, 0) is 25.6 Å². The molecule has 10 heteroatoms. The highest BCUT2D eigenvalue weighted by Gasteiger charge is 2.56. The molecule has 0 spiro atoms. The van der Waals surface area contributed by atoms with Crippen molar-refractivity contribution in [3.8, 4) is 0 Å². The average molecular weight is 482 g/mol. The van der Waals surface area contributed by atoms with Crippen LogP contribution < -0.4 is 5.32 Å². The molecule has 3 aliphatic rings. The lowest BCUT2D eigenvalue weighted by Gasteiger charge is -2.24. The topological polar surface area (TPSA) is 113 Å². The smallest absolute Gasteiger partial charge is 0.167 e. The Hall–Kier alpha value is -2.63. The first-order valence-electron chi connectivity index (χ1n) is 12.2. The molecule has 6 atom stereocenters. The second-order valence-electron chi connectivity index (χ2n) is 9.88. The fourth-order valence-corrected chi connectivity index (χ4v) is 5.42. The Morgan fingerprint density at radius 2 is 1.94 bits per heavy atom. The van der Waals surface area contributed by atoms with Gasteiger partial charge in [-0.1, -0.05) is 30.3 Å². The van der Waals surface area contributed by atoms with Crippen LogP contribution in [-0.4, -0.2) is 67.5 Å². The molecule has 6 rings (SSSR count). The Bertz CT molecular complexity index is 1170. The maximum atomic E-state index is 9.82. The van der Waals surface area contributed by atoms with E-state index in [0.29, 0.717) is 23.6 Å². The predicted molar refractivity (Wildman–Crippen MR) is 126 cm³/mol. The molecule has 2 N–H and O–H groups in total. The molecule has 0 bridgehead atoms. The number of hydrogen-bond donors (Lipinski definition) is 2. The first-order chi connectivity index (χ1) is 17.0. The van der Waals surface area contributed by atoms with Crippen molar-refractivity contribution in [3.63, 3.8) is 0 Å². The van der Waals surface area contributed by atoms with Gasteiger partial charge >= 0.3 is 0 Å². The van der Waals surface area contributed by atoms with Crippen molar-refractivity contribution < 1.29 is 24.1 Å². The molecule has 3 aromatic rings. The number of anilines is 1. The standard InChI is InChI=1S/C25H31N5O5/c1-25(2)34-20-18(11-31)33-24(21(20)35-25)30-14-28-19-22(26-13-27-23(19)30)29-16-9-6-10-17(16)32-12-15-7-4-3-5-8-15/h3-5,7-8,13-14,16-18,20-21,24,31H,6,9-12H2,1-2H3,(H,26,27,29)/t16-,17-,18+,20+,21+,24?/m0/s1. The summed E-state index contributed by atoms with van der Waals surface area (Å²) in [5, 5.41) is 13.4. The highest BCUT2D eigenvalue weighted by atomic mass is 16.8. The quantitative estimate of drug-likeness (QED) is 0.526. The van der Waals surface area contributed by atoms with E-state index in [1.807, 2.05) is 36.6 Å². The van der Waals surface area contributed by atoms with E-state index >= 15 is 0 Å². The van der Waals surface area contributed by atoms with Crippen LogP contribution in [0.1, 0.15) is 44.9 Å². The van der Waals surface area contributed by atoms with Gasteiger partial charge in [0.1, 0.15) is 24.6 Å². The molecule has 2 saturated heterocycles. The average Bonchev–Trinajstić information content (AvgIpc) is 3.61. The third-order valence-corrected chi connectivity index (χ3v) is 7.02. The van der Waals surface area contributed by atoms with Gasteiger partial charge in [0.2, 0.25) is 0 Å². The minimum Gasteiger partial charge on any atom is -0.394 e. The van der Waals surface area contributed by atoms with E-state index in [4.69, 9.17) is 18.9 Å². The summed E-state index contributed by atoms with van der Waals surface area (Å²) in [5.74, 6) is -0.0775. The summed E-state index contributed by atoms with van der Waals surface area (Å²) >= 11 is 0. The van der Waals surface area contributed by atoms with Gasteiger partial charge < -0.3 is 29.4 Å². The second kappa shape index (κ2) is 9.11. The molecule has 1 aliphatic carbocycles. The zero-order valence-electron chi connectivity index (χ0n) is 19.9. The number of imidazole rings is 1. The van der Waals surface area contributed by atoms with Gasteiger partial charge in [0.15, 0.2) is 29.0 Å². The van der Waals surface area contributed by atoms with Gasteiger partial charge in [-0.25, -0.2) is 15.0 Å².